The van der Waals surface area contributed by atoms with Gasteiger partial charge < -0.3 is 4.57 Å². The number of imidazole rings is 2. The van der Waals surface area contributed by atoms with Crippen LogP contribution in [0.15, 0.2) is 43.0 Å². The molecular weight excluding hydrogens is 200 g/mol. The average Bonchev–Trinajstić information content (AvgIpc) is 2.83. The van der Waals surface area contributed by atoms with Gasteiger partial charge in [-0.3, -0.25) is 4.40 Å². The number of fused-ring (bicyclic) bond motifs is 1. The Morgan fingerprint density at radius 1 is 1.31 bits per heavy atom. The van der Waals surface area contributed by atoms with Crippen LogP contribution in [0.2, 0.25) is 0 Å². The van der Waals surface area contributed by atoms with Gasteiger partial charge in [0.15, 0.2) is 6.20 Å². The maximum atomic E-state index is 4.31. The molecule has 80 valence electrons. The van der Waals surface area contributed by atoms with E-state index in [9.17, 15) is 0 Å². The van der Waals surface area contributed by atoms with E-state index in [1.54, 1.807) is 0 Å². The molecule has 3 aromatic rings. The summed E-state index contributed by atoms with van der Waals surface area (Å²) in [6.07, 6.45) is 7.91. The predicted octanol–water partition coefficient (Wildman–Crippen LogP) is 1.16. The summed E-state index contributed by atoms with van der Waals surface area (Å²) < 4.78 is 6.23. The van der Waals surface area contributed by atoms with Crippen LogP contribution in [0.3, 0.4) is 0 Å². The van der Waals surface area contributed by atoms with Crippen LogP contribution in [0, 0.1) is 0 Å². The van der Waals surface area contributed by atoms with Crippen molar-refractivity contribution in [2.75, 3.05) is 0 Å². The monoisotopic (exact) mass is 213 g/mol. The van der Waals surface area contributed by atoms with E-state index in [1.807, 2.05) is 49.2 Å². The molecule has 0 bridgehead atoms. The molecule has 0 aliphatic carbocycles. The lowest BCUT2D eigenvalue weighted by atomic mass is 10.3. The molecule has 4 heteroatoms. The second-order valence-corrected chi connectivity index (χ2v) is 3.90. The third kappa shape index (κ3) is 1.16. The van der Waals surface area contributed by atoms with Crippen LogP contribution in [-0.4, -0.2) is 14.0 Å². The standard InChI is InChI=1S/C12H13N4/c1-14-7-4-3-5-10(14)11-9-16-8-6-13-12(16)15(11)2/h3-9H,1-2H3/q+1. The quantitative estimate of drug-likeness (QED) is 0.557. The van der Waals surface area contributed by atoms with Crippen LogP contribution in [0.1, 0.15) is 0 Å². The number of aromatic nitrogens is 4. The first-order valence-corrected chi connectivity index (χ1v) is 5.21. The summed E-state index contributed by atoms with van der Waals surface area (Å²) in [5, 5.41) is 0. The summed E-state index contributed by atoms with van der Waals surface area (Å²) in [5.41, 5.74) is 2.33. The highest BCUT2D eigenvalue weighted by molar-refractivity contribution is 5.55. The van der Waals surface area contributed by atoms with Crippen molar-refractivity contribution in [3.05, 3.63) is 43.0 Å². The Morgan fingerprint density at radius 2 is 2.19 bits per heavy atom. The van der Waals surface area contributed by atoms with Gasteiger partial charge in [0, 0.05) is 37.8 Å². The number of hydrogen-bond donors (Lipinski definition) is 0. The fraction of sp³-hybridized carbons (Fsp3) is 0.167. The molecule has 0 aliphatic rings. The third-order valence-electron chi connectivity index (χ3n) is 2.89. The van der Waals surface area contributed by atoms with Crippen molar-refractivity contribution in [2.45, 2.75) is 0 Å². The molecule has 0 N–H and O–H groups in total. The van der Waals surface area contributed by atoms with Crippen molar-refractivity contribution >= 4 is 5.78 Å². The van der Waals surface area contributed by atoms with Crippen LogP contribution in [0.4, 0.5) is 0 Å². The topological polar surface area (TPSA) is 26.1 Å². The highest BCUT2D eigenvalue weighted by atomic mass is 15.2. The maximum absolute atomic E-state index is 4.31. The van der Waals surface area contributed by atoms with E-state index in [2.05, 4.69) is 26.4 Å². The number of pyridine rings is 1. The zero-order valence-corrected chi connectivity index (χ0v) is 9.33. The maximum Gasteiger partial charge on any atom is 0.230 e. The molecule has 0 amide bonds. The van der Waals surface area contributed by atoms with Crippen molar-refractivity contribution in [1.29, 1.82) is 0 Å². The van der Waals surface area contributed by atoms with E-state index in [-0.39, 0.29) is 0 Å². The fourth-order valence-electron chi connectivity index (χ4n) is 2.02. The second kappa shape index (κ2) is 3.20. The first-order chi connectivity index (χ1) is 7.77. The van der Waals surface area contributed by atoms with Gasteiger partial charge in [-0.1, -0.05) is 0 Å². The number of hydrogen-bond acceptors (Lipinski definition) is 1. The molecule has 0 aromatic carbocycles. The molecule has 0 spiro atoms. The normalized spacial score (nSPS) is 11.1. The van der Waals surface area contributed by atoms with E-state index in [0.717, 1.165) is 11.5 Å². The van der Waals surface area contributed by atoms with E-state index in [1.165, 1.54) is 5.69 Å². The minimum Gasteiger partial charge on any atom is -0.308 e. The van der Waals surface area contributed by atoms with Gasteiger partial charge in [0.05, 0.1) is 0 Å². The largest absolute Gasteiger partial charge is 0.308 e. The molecule has 3 heterocycles. The summed E-state index contributed by atoms with van der Waals surface area (Å²) in [5.74, 6) is 0.957. The zero-order valence-electron chi connectivity index (χ0n) is 9.33. The molecule has 16 heavy (non-hydrogen) atoms. The van der Waals surface area contributed by atoms with Crippen LogP contribution in [0.5, 0.6) is 0 Å². The van der Waals surface area contributed by atoms with Gasteiger partial charge in [0.25, 0.3) is 0 Å². The third-order valence-corrected chi connectivity index (χ3v) is 2.89. The van der Waals surface area contributed by atoms with E-state index < -0.39 is 0 Å². The van der Waals surface area contributed by atoms with E-state index in [4.69, 9.17) is 0 Å². The van der Waals surface area contributed by atoms with Crippen molar-refractivity contribution in [1.82, 2.24) is 14.0 Å². The Balaban J connectivity index is 2.30. The van der Waals surface area contributed by atoms with E-state index >= 15 is 0 Å². The Hall–Kier alpha value is -2.10. The van der Waals surface area contributed by atoms with Gasteiger partial charge in [-0.05, 0) is 6.07 Å². The Kier molecular flexibility index (Phi) is 1.83. The van der Waals surface area contributed by atoms with Crippen molar-refractivity contribution in [2.24, 2.45) is 14.1 Å². The molecule has 0 atom stereocenters. The number of nitrogens with zero attached hydrogens (tertiary/aromatic N) is 4. The van der Waals surface area contributed by atoms with Crippen LogP contribution in [-0.2, 0) is 14.1 Å². The minimum atomic E-state index is 0.957. The number of rotatable bonds is 1. The van der Waals surface area contributed by atoms with Crippen LogP contribution < -0.4 is 4.57 Å². The molecular formula is C12H13N4+. The first kappa shape index (κ1) is 9.15. The highest BCUT2D eigenvalue weighted by Crippen LogP contribution is 2.17. The predicted molar refractivity (Wildman–Crippen MR) is 60.8 cm³/mol. The zero-order chi connectivity index (χ0) is 11.1. The Bertz CT molecular complexity index is 648. The molecule has 3 aromatic heterocycles. The Morgan fingerprint density at radius 3 is 2.94 bits per heavy atom. The van der Waals surface area contributed by atoms with Crippen molar-refractivity contribution < 1.29 is 4.57 Å². The molecule has 4 nitrogen and oxygen atoms in total. The van der Waals surface area contributed by atoms with Gasteiger partial charge in [0.1, 0.15) is 12.7 Å². The lowest BCUT2D eigenvalue weighted by Crippen LogP contribution is -2.30. The van der Waals surface area contributed by atoms with Crippen LogP contribution >= 0.6 is 0 Å². The molecule has 0 saturated heterocycles. The lowest BCUT2D eigenvalue weighted by molar-refractivity contribution is -0.660. The van der Waals surface area contributed by atoms with Crippen LogP contribution in [0.25, 0.3) is 17.2 Å². The molecule has 0 fully saturated rings. The minimum absolute atomic E-state index is 0.957. The van der Waals surface area contributed by atoms with Gasteiger partial charge in [-0.2, -0.15) is 4.57 Å². The van der Waals surface area contributed by atoms with Crippen molar-refractivity contribution in [3.63, 3.8) is 0 Å². The van der Waals surface area contributed by atoms with Gasteiger partial charge >= 0.3 is 0 Å². The molecule has 3 rings (SSSR count). The lowest BCUT2D eigenvalue weighted by Gasteiger charge is -1.99. The van der Waals surface area contributed by atoms with Crippen molar-refractivity contribution in [3.8, 4) is 11.4 Å². The summed E-state index contributed by atoms with van der Waals surface area (Å²) in [6, 6.07) is 6.18. The molecule has 0 radical (unpaired) electrons. The summed E-state index contributed by atoms with van der Waals surface area (Å²) in [4.78, 5) is 4.31. The second-order valence-electron chi connectivity index (χ2n) is 3.90. The van der Waals surface area contributed by atoms with Gasteiger partial charge in [-0.25, -0.2) is 4.98 Å². The average molecular weight is 213 g/mol. The van der Waals surface area contributed by atoms with Gasteiger partial charge in [-0.15, -0.1) is 0 Å². The molecule has 0 saturated carbocycles. The molecule has 0 unspecified atom stereocenters. The SMILES string of the molecule is Cn1c(-c2cccc[n+]2C)cn2ccnc12. The smallest absolute Gasteiger partial charge is 0.230 e. The highest BCUT2D eigenvalue weighted by Gasteiger charge is 2.15. The van der Waals surface area contributed by atoms with E-state index in [0.29, 0.717) is 0 Å². The first-order valence-electron chi connectivity index (χ1n) is 5.21. The summed E-state index contributed by atoms with van der Waals surface area (Å²) >= 11 is 0. The summed E-state index contributed by atoms with van der Waals surface area (Å²) in [7, 11) is 4.08. The fourth-order valence-corrected chi connectivity index (χ4v) is 2.02. The molecule has 0 aliphatic heterocycles. The van der Waals surface area contributed by atoms with Gasteiger partial charge in [0.2, 0.25) is 11.5 Å². The Labute approximate surface area is 93.4 Å². The number of aryl methyl sites for hydroxylation is 2. The summed E-state index contributed by atoms with van der Waals surface area (Å²) in [6.45, 7) is 0.